The third-order valence-corrected chi connectivity index (χ3v) is 6.93. The van der Waals surface area contributed by atoms with Crippen molar-refractivity contribution in [2.75, 3.05) is 65.5 Å². The fraction of sp³-hybridized carbons (Fsp3) is 0.458. The van der Waals surface area contributed by atoms with E-state index in [1.807, 2.05) is 43.9 Å². The topological polar surface area (TPSA) is 48.4 Å². The summed E-state index contributed by atoms with van der Waals surface area (Å²) in [6, 6.07) is 10.2. The Balaban J connectivity index is 0.00000119. The third kappa shape index (κ3) is 5.04. The molecule has 0 spiro atoms. The van der Waals surface area contributed by atoms with Crippen LogP contribution in [-0.4, -0.2) is 65.7 Å². The first-order valence-electron chi connectivity index (χ1n) is 11.4. The van der Waals surface area contributed by atoms with Crippen molar-refractivity contribution >= 4 is 51.7 Å². The van der Waals surface area contributed by atoms with Crippen LogP contribution in [0.1, 0.15) is 19.5 Å². The molecule has 0 N–H and O–H groups in total. The molecule has 2 aromatic heterocycles. The van der Waals surface area contributed by atoms with Crippen LogP contribution in [0.3, 0.4) is 0 Å². The Morgan fingerprint density at radius 2 is 1.56 bits per heavy atom. The summed E-state index contributed by atoms with van der Waals surface area (Å²) in [5.41, 5.74) is 3.20. The Bertz CT molecular complexity index is 1050. The first kappa shape index (κ1) is 22.9. The number of anilines is 3. The highest BCUT2D eigenvalue weighted by molar-refractivity contribution is 7.99. The minimum Gasteiger partial charge on any atom is -0.367 e. The number of aromatic nitrogens is 3. The summed E-state index contributed by atoms with van der Waals surface area (Å²) in [5.74, 6) is 4.22. The average Bonchev–Trinajstić information content (AvgIpc) is 2.85. The van der Waals surface area contributed by atoms with Gasteiger partial charge in [-0.1, -0.05) is 25.4 Å². The van der Waals surface area contributed by atoms with Gasteiger partial charge in [-0.25, -0.2) is 4.98 Å². The van der Waals surface area contributed by atoms with Gasteiger partial charge in [0.05, 0.1) is 5.52 Å². The van der Waals surface area contributed by atoms with Crippen molar-refractivity contribution in [1.29, 1.82) is 0 Å². The lowest BCUT2D eigenvalue weighted by Gasteiger charge is -2.37. The van der Waals surface area contributed by atoms with Gasteiger partial charge in [-0.3, -0.25) is 4.98 Å². The van der Waals surface area contributed by atoms with Crippen molar-refractivity contribution in [1.82, 2.24) is 15.0 Å². The van der Waals surface area contributed by atoms with Crippen LogP contribution < -0.4 is 14.7 Å². The molecule has 2 fully saturated rings. The molecule has 8 heteroatoms. The van der Waals surface area contributed by atoms with Crippen LogP contribution in [0.4, 0.5) is 17.5 Å². The highest BCUT2D eigenvalue weighted by Crippen LogP contribution is 2.29. The SMILES string of the molecule is CC.Cc1cc(N2CCN(c3ccnc4cc(Cl)ccc34)CC2)nc(N2CCSCC2)n1. The van der Waals surface area contributed by atoms with E-state index in [1.54, 1.807) is 0 Å². The van der Waals surface area contributed by atoms with E-state index >= 15 is 0 Å². The second-order valence-electron chi connectivity index (χ2n) is 7.73. The zero-order valence-electron chi connectivity index (χ0n) is 19.1. The summed E-state index contributed by atoms with van der Waals surface area (Å²) < 4.78 is 0. The molecule has 3 aromatic rings. The van der Waals surface area contributed by atoms with Crippen molar-refractivity contribution in [3.05, 3.63) is 47.2 Å². The predicted molar refractivity (Wildman–Crippen MR) is 139 cm³/mol. The lowest BCUT2D eigenvalue weighted by molar-refractivity contribution is 0.646. The van der Waals surface area contributed by atoms with Crippen LogP contribution in [-0.2, 0) is 0 Å². The molecule has 0 saturated carbocycles. The summed E-state index contributed by atoms with van der Waals surface area (Å²) >= 11 is 8.15. The maximum atomic E-state index is 6.15. The van der Waals surface area contributed by atoms with E-state index in [9.17, 15) is 0 Å². The molecular formula is C24H31ClN6S. The lowest BCUT2D eigenvalue weighted by atomic mass is 10.1. The van der Waals surface area contributed by atoms with Gasteiger partial charge in [0.1, 0.15) is 5.82 Å². The number of benzene rings is 1. The number of aryl methyl sites for hydroxylation is 1. The Morgan fingerprint density at radius 3 is 2.31 bits per heavy atom. The average molecular weight is 471 g/mol. The van der Waals surface area contributed by atoms with Gasteiger partial charge in [-0.05, 0) is 31.2 Å². The molecule has 0 radical (unpaired) electrons. The Hall–Kier alpha value is -2.25. The van der Waals surface area contributed by atoms with Crippen molar-refractivity contribution in [2.45, 2.75) is 20.8 Å². The molecule has 0 amide bonds. The number of rotatable bonds is 3. The molecule has 0 aliphatic carbocycles. The van der Waals surface area contributed by atoms with E-state index in [4.69, 9.17) is 21.6 Å². The summed E-state index contributed by atoms with van der Waals surface area (Å²) in [4.78, 5) is 21.2. The third-order valence-electron chi connectivity index (χ3n) is 5.75. The highest BCUT2D eigenvalue weighted by atomic mass is 35.5. The van der Waals surface area contributed by atoms with Gasteiger partial charge in [0, 0.05) is 84.8 Å². The normalized spacial score (nSPS) is 16.7. The lowest BCUT2D eigenvalue weighted by Crippen LogP contribution is -2.47. The number of halogens is 1. The number of hydrogen-bond acceptors (Lipinski definition) is 7. The molecule has 2 aliphatic rings. The quantitative estimate of drug-likeness (QED) is 0.539. The standard InChI is InChI=1S/C22H25ClN6S.C2H6/c1-16-14-21(26-22(25-16)29-10-12-30-13-11-29)28-8-6-27(7-9-28)20-4-5-24-19-15-17(23)2-3-18(19)20;1-2/h2-5,14-15H,6-13H2,1H3;1-2H3. The molecule has 0 unspecified atom stereocenters. The molecule has 32 heavy (non-hydrogen) atoms. The monoisotopic (exact) mass is 470 g/mol. The highest BCUT2D eigenvalue weighted by Gasteiger charge is 2.22. The number of fused-ring (bicyclic) bond motifs is 1. The summed E-state index contributed by atoms with van der Waals surface area (Å²) in [6.45, 7) is 11.9. The zero-order chi connectivity index (χ0) is 22.5. The minimum atomic E-state index is 0.721. The Labute approximate surface area is 200 Å². The first-order valence-corrected chi connectivity index (χ1v) is 12.9. The van der Waals surface area contributed by atoms with Crippen molar-refractivity contribution in [3.63, 3.8) is 0 Å². The molecular weight excluding hydrogens is 440 g/mol. The van der Waals surface area contributed by atoms with E-state index in [0.29, 0.717) is 0 Å². The fourth-order valence-electron chi connectivity index (χ4n) is 4.16. The predicted octanol–water partition coefficient (Wildman–Crippen LogP) is 4.89. The minimum absolute atomic E-state index is 0.721. The summed E-state index contributed by atoms with van der Waals surface area (Å²) in [6.07, 6.45) is 1.87. The van der Waals surface area contributed by atoms with Crippen LogP contribution in [0.15, 0.2) is 36.5 Å². The zero-order valence-corrected chi connectivity index (χ0v) is 20.7. The number of nitrogens with zero attached hydrogens (tertiary/aromatic N) is 6. The maximum Gasteiger partial charge on any atom is 0.227 e. The number of pyridine rings is 1. The second kappa shape index (κ2) is 10.6. The molecule has 2 aliphatic heterocycles. The van der Waals surface area contributed by atoms with Gasteiger partial charge >= 0.3 is 0 Å². The first-order chi connectivity index (χ1) is 15.7. The molecule has 5 rings (SSSR count). The maximum absolute atomic E-state index is 6.15. The van der Waals surface area contributed by atoms with Crippen molar-refractivity contribution < 1.29 is 0 Å². The second-order valence-corrected chi connectivity index (χ2v) is 9.39. The molecule has 170 valence electrons. The smallest absolute Gasteiger partial charge is 0.227 e. The van der Waals surface area contributed by atoms with Crippen LogP contribution in [0.2, 0.25) is 5.02 Å². The van der Waals surface area contributed by atoms with E-state index in [1.165, 1.54) is 5.69 Å². The fourth-order valence-corrected chi connectivity index (χ4v) is 5.23. The van der Waals surface area contributed by atoms with Crippen molar-refractivity contribution in [3.8, 4) is 0 Å². The molecule has 4 heterocycles. The van der Waals surface area contributed by atoms with Crippen LogP contribution in [0, 0.1) is 6.92 Å². The van der Waals surface area contributed by atoms with Crippen LogP contribution in [0.5, 0.6) is 0 Å². The van der Waals surface area contributed by atoms with Crippen molar-refractivity contribution in [2.24, 2.45) is 0 Å². The summed E-state index contributed by atoms with van der Waals surface area (Å²) in [5, 5.41) is 1.87. The van der Waals surface area contributed by atoms with Gasteiger partial charge < -0.3 is 14.7 Å². The van der Waals surface area contributed by atoms with Gasteiger partial charge in [0.15, 0.2) is 0 Å². The molecule has 0 bridgehead atoms. The Morgan fingerprint density at radius 1 is 0.844 bits per heavy atom. The van der Waals surface area contributed by atoms with Crippen LogP contribution >= 0.6 is 23.4 Å². The van der Waals surface area contributed by atoms with E-state index in [2.05, 4.69) is 44.8 Å². The molecule has 2 saturated heterocycles. The van der Waals surface area contributed by atoms with Gasteiger partial charge in [-0.2, -0.15) is 16.7 Å². The number of thioether (sulfide) groups is 1. The number of piperazine rings is 1. The van der Waals surface area contributed by atoms with E-state index < -0.39 is 0 Å². The Kier molecular flexibility index (Phi) is 7.58. The molecule has 0 atom stereocenters. The van der Waals surface area contributed by atoms with Gasteiger partial charge in [0.2, 0.25) is 5.95 Å². The molecule has 1 aromatic carbocycles. The van der Waals surface area contributed by atoms with E-state index in [0.717, 1.165) is 84.2 Å². The number of hydrogen-bond donors (Lipinski definition) is 0. The van der Waals surface area contributed by atoms with E-state index in [-0.39, 0.29) is 0 Å². The summed E-state index contributed by atoms with van der Waals surface area (Å²) in [7, 11) is 0. The molecule has 6 nitrogen and oxygen atoms in total. The van der Waals surface area contributed by atoms with Gasteiger partial charge in [0.25, 0.3) is 0 Å². The van der Waals surface area contributed by atoms with Crippen LogP contribution in [0.25, 0.3) is 10.9 Å². The largest absolute Gasteiger partial charge is 0.367 e. The van der Waals surface area contributed by atoms with Gasteiger partial charge in [-0.15, -0.1) is 0 Å².